The molecule has 0 N–H and O–H groups in total. The van der Waals surface area contributed by atoms with Crippen LogP contribution in [0.2, 0.25) is 0 Å². The molecule has 0 radical (unpaired) electrons. The van der Waals surface area contributed by atoms with Crippen molar-refractivity contribution in [3.63, 3.8) is 0 Å². The molecule has 180 valence electrons. The first-order chi connectivity index (χ1) is 17.8. The first-order valence-electron chi connectivity index (χ1n) is 12.3. The van der Waals surface area contributed by atoms with Crippen molar-refractivity contribution in [2.24, 2.45) is 0 Å². The summed E-state index contributed by atoms with van der Waals surface area (Å²) in [7, 11) is 0. The van der Waals surface area contributed by atoms with Gasteiger partial charge in [-0.3, -0.25) is 9.78 Å². The summed E-state index contributed by atoms with van der Waals surface area (Å²) in [6.07, 6.45) is 6.59. The third-order valence-electron chi connectivity index (χ3n) is 6.75. The van der Waals surface area contributed by atoms with Gasteiger partial charge in [0, 0.05) is 48.7 Å². The lowest BCUT2D eigenvalue weighted by Crippen LogP contribution is -2.49. The minimum Gasteiger partial charge on any atom is -0.485 e. The number of nitrogens with zero attached hydrogens (tertiary/aromatic N) is 4. The Morgan fingerprint density at radius 3 is 2.53 bits per heavy atom. The molecule has 0 aliphatic carbocycles. The molecule has 4 aromatic rings. The van der Waals surface area contributed by atoms with Gasteiger partial charge in [0.15, 0.2) is 17.3 Å². The molecule has 1 saturated heterocycles. The number of para-hydroxylation sites is 2. The molecule has 1 fully saturated rings. The van der Waals surface area contributed by atoms with Crippen LogP contribution in [0.15, 0.2) is 85.3 Å². The Morgan fingerprint density at radius 2 is 1.69 bits per heavy atom. The van der Waals surface area contributed by atoms with Crippen LogP contribution in [-0.2, 0) is 4.79 Å². The lowest BCUT2D eigenvalue weighted by atomic mass is 9.89. The van der Waals surface area contributed by atoms with Crippen LogP contribution in [-0.4, -0.2) is 51.6 Å². The standard InChI is InChI=1S/C29H26N4O3/c34-29(26-19-35-24-10-4-5-11-25(24)36-26)33-16-6-9-22(18-33)27-23(20-7-2-1-3-8-20)17-31-28(32-27)21-12-14-30-15-13-21/h1-5,7-8,10-15,17,22,26H,6,9,16,18-19H2/t22-,26-/m0/s1. The van der Waals surface area contributed by atoms with Crippen molar-refractivity contribution >= 4 is 5.91 Å². The Morgan fingerprint density at radius 1 is 0.917 bits per heavy atom. The lowest BCUT2D eigenvalue weighted by molar-refractivity contribution is -0.142. The van der Waals surface area contributed by atoms with Crippen molar-refractivity contribution in [2.75, 3.05) is 19.7 Å². The second-order valence-electron chi connectivity index (χ2n) is 9.08. The summed E-state index contributed by atoms with van der Waals surface area (Å²) in [5.74, 6) is 1.99. The second-order valence-corrected chi connectivity index (χ2v) is 9.08. The van der Waals surface area contributed by atoms with Gasteiger partial charge < -0.3 is 14.4 Å². The van der Waals surface area contributed by atoms with Gasteiger partial charge in [-0.15, -0.1) is 0 Å². The molecule has 6 rings (SSSR count). The second kappa shape index (κ2) is 9.77. The van der Waals surface area contributed by atoms with Gasteiger partial charge in [0.05, 0.1) is 5.69 Å². The third-order valence-corrected chi connectivity index (χ3v) is 6.75. The average molecular weight is 479 g/mol. The zero-order chi connectivity index (χ0) is 24.3. The van der Waals surface area contributed by atoms with Crippen LogP contribution in [0.4, 0.5) is 0 Å². The van der Waals surface area contributed by atoms with E-state index in [-0.39, 0.29) is 18.4 Å². The van der Waals surface area contributed by atoms with Gasteiger partial charge in [-0.05, 0) is 42.7 Å². The highest BCUT2D eigenvalue weighted by Crippen LogP contribution is 2.36. The molecule has 0 unspecified atom stereocenters. The molecular formula is C29H26N4O3. The van der Waals surface area contributed by atoms with Crippen LogP contribution in [0.1, 0.15) is 24.5 Å². The smallest absolute Gasteiger partial charge is 0.267 e. The number of benzene rings is 2. The summed E-state index contributed by atoms with van der Waals surface area (Å²) >= 11 is 0. The molecule has 2 aliphatic heterocycles. The Hall–Kier alpha value is -4.26. The number of piperidine rings is 1. The highest BCUT2D eigenvalue weighted by molar-refractivity contribution is 5.82. The molecular weight excluding hydrogens is 452 g/mol. The number of carbonyl (C=O) groups excluding carboxylic acids is 1. The number of likely N-dealkylation sites (tertiary alicyclic amines) is 1. The highest BCUT2D eigenvalue weighted by Gasteiger charge is 2.35. The van der Waals surface area contributed by atoms with E-state index in [1.807, 2.05) is 65.7 Å². The summed E-state index contributed by atoms with van der Waals surface area (Å²) in [5.41, 5.74) is 3.95. The number of fused-ring (bicyclic) bond motifs is 1. The van der Waals surface area contributed by atoms with E-state index in [1.54, 1.807) is 12.4 Å². The molecule has 0 saturated carbocycles. The summed E-state index contributed by atoms with van der Waals surface area (Å²) in [5, 5.41) is 0. The van der Waals surface area contributed by atoms with E-state index in [0.717, 1.165) is 35.2 Å². The number of ether oxygens (including phenoxy) is 2. The van der Waals surface area contributed by atoms with Crippen molar-refractivity contribution < 1.29 is 14.3 Å². The van der Waals surface area contributed by atoms with Crippen molar-refractivity contribution in [2.45, 2.75) is 24.9 Å². The molecule has 2 aromatic carbocycles. The Kier molecular flexibility index (Phi) is 6.03. The van der Waals surface area contributed by atoms with Gasteiger partial charge in [-0.1, -0.05) is 42.5 Å². The topological polar surface area (TPSA) is 77.4 Å². The number of rotatable bonds is 4. The number of carbonyl (C=O) groups is 1. The van der Waals surface area contributed by atoms with E-state index in [2.05, 4.69) is 22.1 Å². The van der Waals surface area contributed by atoms with Crippen LogP contribution in [0.3, 0.4) is 0 Å². The maximum absolute atomic E-state index is 13.5. The molecule has 0 bridgehead atoms. The van der Waals surface area contributed by atoms with Crippen molar-refractivity contribution in [1.29, 1.82) is 0 Å². The first-order valence-corrected chi connectivity index (χ1v) is 12.3. The lowest BCUT2D eigenvalue weighted by Gasteiger charge is -2.36. The van der Waals surface area contributed by atoms with E-state index in [9.17, 15) is 4.79 Å². The molecule has 36 heavy (non-hydrogen) atoms. The minimum atomic E-state index is -0.648. The first kappa shape index (κ1) is 22.2. The molecule has 4 heterocycles. The van der Waals surface area contributed by atoms with Crippen LogP contribution < -0.4 is 9.47 Å². The Labute approximate surface area is 209 Å². The summed E-state index contributed by atoms with van der Waals surface area (Å²) in [6.45, 7) is 1.48. The van der Waals surface area contributed by atoms with Gasteiger partial charge in [0.1, 0.15) is 6.61 Å². The van der Waals surface area contributed by atoms with Gasteiger partial charge in [0.25, 0.3) is 5.91 Å². The van der Waals surface area contributed by atoms with E-state index >= 15 is 0 Å². The fraction of sp³-hybridized carbons (Fsp3) is 0.241. The molecule has 2 atom stereocenters. The zero-order valence-electron chi connectivity index (χ0n) is 19.8. The number of hydrogen-bond acceptors (Lipinski definition) is 6. The largest absolute Gasteiger partial charge is 0.485 e. The molecule has 1 amide bonds. The van der Waals surface area contributed by atoms with E-state index in [0.29, 0.717) is 30.4 Å². The molecule has 0 spiro atoms. The van der Waals surface area contributed by atoms with Gasteiger partial charge in [0.2, 0.25) is 6.10 Å². The molecule has 7 nitrogen and oxygen atoms in total. The van der Waals surface area contributed by atoms with E-state index in [1.165, 1.54) is 0 Å². The quantitative estimate of drug-likeness (QED) is 0.421. The summed E-state index contributed by atoms with van der Waals surface area (Å²) in [4.78, 5) is 29.2. The van der Waals surface area contributed by atoms with Crippen LogP contribution >= 0.6 is 0 Å². The van der Waals surface area contributed by atoms with E-state index < -0.39 is 6.10 Å². The maximum atomic E-state index is 13.5. The number of aromatic nitrogens is 3. The predicted octanol–water partition coefficient (Wildman–Crippen LogP) is 4.75. The van der Waals surface area contributed by atoms with Crippen molar-refractivity contribution in [1.82, 2.24) is 19.9 Å². The normalized spacial score (nSPS) is 19.1. The van der Waals surface area contributed by atoms with Gasteiger partial charge in [-0.2, -0.15) is 0 Å². The van der Waals surface area contributed by atoms with E-state index in [4.69, 9.17) is 14.5 Å². The maximum Gasteiger partial charge on any atom is 0.267 e. The monoisotopic (exact) mass is 478 g/mol. The SMILES string of the molecule is O=C([C@@H]1COc2ccccc2O1)N1CCC[C@H](c2nc(-c3ccncc3)ncc2-c2ccccc2)C1. The third kappa shape index (κ3) is 4.40. The number of pyridine rings is 1. The fourth-order valence-corrected chi connectivity index (χ4v) is 4.93. The molecule has 7 heteroatoms. The van der Waals surface area contributed by atoms with Crippen molar-refractivity contribution in [3.8, 4) is 34.0 Å². The van der Waals surface area contributed by atoms with Crippen molar-refractivity contribution in [3.05, 3.63) is 91.0 Å². The van der Waals surface area contributed by atoms with Gasteiger partial charge >= 0.3 is 0 Å². The Bertz CT molecular complexity index is 1360. The molecule has 2 aromatic heterocycles. The highest BCUT2D eigenvalue weighted by atomic mass is 16.6. The van der Waals surface area contributed by atoms with Crippen LogP contribution in [0.25, 0.3) is 22.5 Å². The summed E-state index contributed by atoms with van der Waals surface area (Å²) < 4.78 is 11.8. The minimum absolute atomic E-state index is 0.0427. The number of amides is 1. The van der Waals surface area contributed by atoms with Crippen LogP contribution in [0.5, 0.6) is 11.5 Å². The fourth-order valence-electron chi connectivity index (χ4n) is 4.93. The molecule has 2 aliphatic rings. The average Bonchev–Trinajstić information content (AvgIpc) is 2.97. The zero-order valence-corrected chi connectivity index (χ0v) is 19.8. The van der Waals surface area contributed by atoms with Gasteiger partial charge in [-0.25, -0.2) is 9.97 Å². The number of hydrogen-bond donors (Lipinski definition) is 0. The van der Waals surface area contributed by atoms with Crippen LogP contribution in [0, 0.1) is 0 Å². The summed E-state index contributed by atoms with van der Waals surface area (Å²) in [6, 6.07) is 21.5. The Balaban J connectivity index is 1.29. The predicted molar refractivity (Wildman–Crippen MR) is 136 cm³/mol.